The van der Waals surface area contributed by atoms with Crippen LogP contribution in [0.3, 0.4) is 0 Å². The summed E-state index contributed by atoms with van der Waals surface area (Å²) < 4.78 is 10.3. The number of aliphatic hydroxyl groups is 1. The molecule has 0 saturated heterocycles. The Labute approximate surface area is 174 Å². The number of rotatable bonds is 7. The average molecular weight is 406 g/mol. The number of aromatic hydroxyl groups is 1. The summed E-state index contributed by atoms with van der Waals surface area (Å²) in [5, 5.41) is 24.9. The van der Waals surface area contributed by atoms with Crippen LogP contribution >= 0.6 is 0 Å². The third kappa shape index (κ3) is 4.42. The fraction of sp³-hybridized carbons (Fsp3) is 0.130. The number of nitrogens with one attached hydrogen (secondary N) is 1. The van der Waals surface area contributed by atoms with Crippen molar-refractivity contribution in [2.45, 2.75) is 5.60 Å². The minimum absolute atomic E-state index is 0.0817. The van der Waals surface area contributed by atoms with E-state index >= 15 is 0 Å². The van der Waals surface area contributed by atoms with Crippen LogP contribution in [0.2, 0.25) is 0 Å². The molecule has 0 spiro atoms. The van der Waals surface area contributed by atoms with Crippen molar-refractivity contribution in [3.63, 3.8) is 0 Å². The van der Waals surface area contributed by atoms with Gasteiger partial charge in [-0.25, -0.2) is 5.43 Å². The van der Waals surface area contributed by atoms with E-state index in [1.807, 2.05) is 0 Å². The van der Waals surface area contributed by atoms with Gasteiger partial charge >= 0.3 is 0 Å². The van der Waals surface area contributed by atoms with Gasteiger partial charge in [0.25, 0.3) is 5.91 Å². The van der Waals surface area contributed by atoms with Crippen molar-refractivity contribution in [2.24, 2.45) is 5.10 Å². The van der Waals surface area contributed by atoms with Crippen molar-refractivity contribution >= 4 is 12.1 Å². The normalized spacial score (nSPS) is 11.3. The first-order valence-corrected chi connectivity index (χ1v) is 9.11. The lowest BCUT2D eigenvalue weighted by Gasteiger charge is -2.27. The molecular formula is C23H22N2O5. The molecular weight excluding hydrogens is 384 g/mol. The predicted molar refractivity (Wildman–Crippen MR) is 113 cm³/mol. The number of nitrogens with zero attached hydrogens (tertiary/aromatic N) is 1. The minimum atomic E-state index is -2.01. The summed E-state index contributed by atoms with van der Waals surface area (Å²) in [6.07, 6.45) is 1.38. The Kier molecular flexibility index (Phi) is 6.34. The molecule has 0 unspecified atom stereocenters. The van der Waals surface area contributed by atoms with Crippen LogP contribution in [-0.2, 0) is 10.4 Å². The lowest BCUT2D eigenvalue weighted by atomic mass is 9.85. The van der Waals surface area contributed by atoms with Crippen LogP contribution in [-0.4, -0.2) is 36.6 Å². The summed E-state index contributed by atoms with van der Waals surface area (Å²) >= 11 is 0. The van der Waals surface area contributed by atoms with Gasteiger partial charge in [0.2, 0.25) is 0 Å². The van der Waals surface area contributed by atoms with Crippen LogP contribution < -0.4 is 14.9 Å². The molecule has 3 aromatic rings. The maximum absolute atomic E-state index is 13.0. The molecule has 0 aliphatic heterocycles. The standard InChI is InChI=1S/C23H22N2O5/c1-29-20-10-6-17(7-11-20)23(28,18-8-12-21(30-2)13-9-18)22(27)25-24-15-16-4-3-5-19(26)14-16/h3-15,26,28H,1-2H3,(H,25,27). The Morgan fingerprint density at radius 3 is 1.93 bits per heavy atom. The van der Waals surface area contributed by atoms with Gasteiger partial charge in [0.1, 0.15) is 17.2 Å². The predicted octanol–water partition coefficient (Wildman–Crippen LogP) is 2.80. The molecule has 154 valence electrons. The lowest BCUT2D eigenvalue weighted by molar-refractivity contribution is -0.136. The van der Waals surface area contributed by atoms with Gasteiger partial charge in [0, 0.05) is 0 Å². The van der Waals surface area contributed by atoms with E-state index in [1.165, 1.54) is 32.6 Å². The first kappa shape index (κ1) is 20.9. The molecule has 0 aliphatic rings. The molecule has 0 heterocycles. The molecule has 3 rings (SSSR count). The Balaban J connectivity index is 1.93. The second-order valence-electron chi connectivity index (χ2n) is 6.46. The van der Waals surface area contributed by atoms with Crippen molar-refractivity contribution in [2.75, 3.05) is 14.2 Å². The summed E-state index contributed by atoms with van der Waals surface area (Å²) in [7, 11) is 3.07. The Hall–Kier alpha value is -3.84. The van der Waals surface area contributed by atoms with E-state index < -0.39 is 11.5 Å². The van der Waals surface area contributed by atoms with E-state index in [1.54, 1.807) is 60.7 Å². The summed E-state index contributed by atoms with van der Waals surface area (Å²) in [4.78, 5) is 13.0. The zero-order valence-corrected chi connectivity index (χ0v) is 16.6. The molecule has 7 nitrogen and oxygen atoms in total. The third-order valence-corrected chi connectivity index (χ3v) is 4.59. The number of phenols is 1. The summed E-state index contributed by atoms with van der Waals surface area (Å²) in [5.74, 6) is 0.531. The maximum Gasteiger partial charge on any atom is 0.281 e. The summed E-state index contributed by atoms with van der Waals surface area (Å²) in [6.45, 7) is 0. The Morgan fingerprint density at radius 1 is 0.933 bits per heavy atom. The second kappa shape index (κ2) is 9.11. The summed E-state index contributed by atoms with van der Waals surface area (Å²) in [6, 6.07) is 19.5. The van der Waals surface area contributed by atoms with Crippen LogP contribution in [0, 0.1) is 0 Å². The fourth-order valence-electron chi connectivity index (χ4n) is 2.94. The average Bonchev–Trinajstić information content (AvgIpc) is 2.78. The topological polar surface area (TPSA) is 100 Å². The fourth-order valence-corrected chi connectivity index (χ4v) is 2.94. The highest BCUT2D eigenvalue weighted by Crippen LogP contribution is 2.32. The molecule has 3 aromatic carbocycles. The number of benzene rings is 3. The smallest absolute Gasteiger partial charge is 0.281 e. The van der Waals surface area contributed by atoms with Crippen LogP contribution in [0.25, 0.3) is 0 Å². The zero-order valence-electron chi connectivity index (χ0n) is 16.6. The van der Waals surface area contributed by atoms with Crippen molar-refractivity contribution in [1.29, 1.82) is 0 Å². The highest BCUT2D eigenvalue weighted by molar-refractivity contribution is 5.91. The van der Waals surface area contributed by atoms with Gasteiger partial charge in [-0.3, -0.25) is 4.79 Å². The number of methoxy groups -OCH3 is 2. The lowest BCUT2D eigenvalue weighted by Crippen LogP contribution is -2.43. The van der Waals surface area contributed by atoms with E-state index in [4.69, 9.17) is 9.47 Å². The Bertz CT molecular complexity index is 983. The Morgan fingerprint density at radius 2 is 1.47 bits per heavy atom. The van der Waals surface area contributed by atoms with E-state index in [9.17, 15) is 15.0 Å². The zero-order chi connectivity index (χ0) is 21.6. The molecule has 3 N–H and O–H groups in total. The molecule has 0 saturated carbocycles. The number of phenolic OH excluding ortho intramolecular Hbond substituents is 1. The van der Waals surface area contributed by atoms with E-state index in [-0.39, 0.29) is 5.75 Å². The van der Waals surface area contributed by atoms with Gasteiger partial charge in [-0.1, -0.05) is 36.4 Å². The number of hydrogen-bond acceptors (Lipinski definition) is 6. The number of hydrogen-bond donors (Lipinski definition) is 3. The van der Waals surface area contributed by atoms with Crippen molar-refractivity contribution in [1.82, 2.24) is 5.43 Å². The van der Waals surface area contributed by atoms with Gasteiger partial charge in [-0.05, 0) is 53.1 Å². The van der Waals surface area contributed by atoms with Crippen molar-refractivity contribution in [3.05, 3.63) is 89.5 Å². The van der Waals surface area contributed by atoms with Gasteiger partial charge in [-0.2, -0.15) is 5.10 Å². The molecule has 0 bridgehead atoms. The number of carbonyl (C=O) groups is 1. The largest absolute Gasteiger partial charge is 0.508 e. The van der Waals surface area contributed by atoms with Crippen LogP contribution in [0.1, 0.15) is 16.7 Å². The van der Waals surface area contributed by atoms with Gasteiger partial charge in [0.05, 0.1) is 20.4 Å². The molecule has 0 atom stereocenters. The van der Waals surface area contributed by atoms with Gasteiger partial charge in [-0.15, -0.1) is 0 Å². The highest BCUT2D eigenvalue weighted by atomic mass is 16.5. The number of amides is 1. The first-order chi connectivity index (χ1) is 14.5. The number of carbonyl (C=O) groups excluding carboxylic acids is 1. The van der Waals surface area contributed by atoms with Gasteiger partial charge < -0.3 is 19.7 Å². The second-order valence-corrected chi connectivity index (χ2v) is 6.46. The summed E-state index contributed by atoms with van der Waals surface area (Å²) in [5.41, 5.74) is 1.66. The highest BCUT2D eigenvalue weighted by Gasteiger charge is 2.40. The van der Waals surface area contributed by atoms with Crippen molar-refractivity contribution in [3.8, 4) is 17.2 Å². The first-order valence-electron chi connectivity index (χ1n) is 9.11. The van der Waals surface area contributed by atoms with E-state index in [0.717, 1.165) is 0 Å². The SMILES string of the molecule is COc1ccc(C(O)(C(=O)NN=Cc2cccc(O)c2)c2ccc(OC)cc2)cc1. The minimum Gasteiger partial charge on any atom is -0.508 e. The number of hydrazone groups is 1. The molecule has 0 aromatic heterocycles. The third-order valence-electron chi connectivity index (χ3n) is 4.59. The molecule has 7 heteroatoms. The molecule has 0 radical (unpaired) electrons. The van der Waals surface area contributed by atoms with E-state index in [2.05, 4.69) is 10.5 Å². The van der Waals surface area contributed by atoms with Crippen LogP contribution in [0.5, 0.6) is 17.2 Å². The van der Waals surface area contributed by atoms with Crippen LogP contribution in [0.4, 0.5) is 0 Å². The quantitative estimate of drug-likeness (QED) is 0.414. The monoisotopic (exact) mass is 406 g/mol. The molecule has 0 aliphatic carbocycles. The van der Waals surface area contributed by atoms with E-state index in [0.29, 0.717) is 28.2 Å². The maximum atomic E-state index is 13.0. The van der Waals surface area contributed by atoms with Crippen molar-refractivity contribution < 1.29 is 24.5 Å². The number of ether oxygens (including phenoxy) is 2. The van der Waals surface area contributed by atoms with Crippen LogP contribution in [0.15, 0.2) is 77.9 Å². The van der Waals surface area contributed by atoms with Gasteiger partial charge in [0.15, 0.2) is 5.60 Å². The molecule has 30 heavy (non-hydrogen) atoms. The molecule has 1 amide bonds. The molecule has 0 fully saturated rings.